The molecule has 0 saturated carbocycles. The molecule has 1 amide bonds. The van der Waals surface area contributed by atoms with E-state index in [0.717, 1.165) is 16.7 Å². The van der Waals surface area contributed by atoms with Gasteiger partial charge in [-0.15, -0.1) is 11.6 Å². The lowest BCUT2D eigenvalue weighted by molar-refractivity contribution is -0.122. The molecule has 2 N–H and O–H groups in total. The molecule has 0 spiro atoms. The zero-order chi connectivity index (χ0) is 14.8. The molecule has 1 unspecified atom stereocenters. The van der Waals surface area contributed by atoms with Gasteiger partial charge in [0.2, 0.25) is 5.91 Å². The number of alkyl halides is 1. The van der Waals surface area contributed by atoms with Gasteiger partial charge in [0.1, 0.15) is 5.38 Å². The van der Waals surface area contributed by atoms with Crippen LogP contribution >= 0.6 is 11.6 Å². The van der Waals surface area contributed by atoms with E-state index in [-0.39, 0.29) is 5.91 Å². The van der Waals surface area contributed by atoms with Crippen molar-refractivity contribution in [3.05, 3.63) is 71.3 Å². The molecule has 0 fully saturated rings. The van der Waals surface area contributed by atoms with Crippen molar-refractivity contribution in [2.24, 2.45) is 0 Å². The minimum absolute atomic E-state index is 0.288. The molecular formula is C17H16ClNO2. The summed E-state index contributed by atoms with van der Waals surface area (Å²) in [6, 6.07) is 16.6. The molecule has 2 aromatic carbocycles. The van der Waals surface area contributed by atoms with Crippen LogP contribution in [-0.4, -0.2) is 17.1 Å². The van der Waals surface area contributed by atoms with Gasteiger partial charge in [-0.25, -0.2) is 0 Å². The van der Waals surface area contributed by atoms with Gasteiger partial charge in [0, 0.05) is 6.42 Å². The van der Waals surface area contributed by atoms with E-state index in [2.05, 4.69) is 5.32 Å². The van der Waals surface area contributed by atoms with Crippen LogP contribution in [0.2, 0.25) is 0 Å². The number of benzene rings is 2. The molecule has 0 radical (unpaired) electrons. The number of aliphatic hydroxyl groups is 1. The first-order valence-electron chi connectivity index (χ1n) is 6.92. The number of carbonyl (C=O) groups excluding carboxylic acids is 1. The molecule has 3 rings (SSSR count). The van der Waals surface area contributed by atoms with Gasteiger partial charge >= 0.3 is 0 Å². The van der Waals surface area contributed by atoms with E-state index in [1.807, 2.05) is 54.6 Å². The third-order valence-corrected chi connectivity index (χ3v) is 4.27. The second kappa shape index (κ2) is 5.88. The predicted octanol–water partition coefficient (Wildman–Crippen LogP) is 2.74. The highest BCUT2D eigenvalue weighted by atomic mass is 35.5. The van der Waals surface area contributed by atoms with Gasteiger partial charge in [-0.1, -0.05) is 54.6 Å². The normalized spacial score (nSPS) is 21.6. The van der Waals surface area contributed by atoms with Crippen LogP contribution in [-0.2, 0) is 11.2 Å². The maximum absolute atomic E-state index is 12.3. The Labute approximate surface area is 128 Å². The second-order valence-electron chi connectivity index (χ2n) is 5.23. The first-order chi connectivity index (χ1) is 10.2. The van der Waals surface area contributed by atoms with Crippen molar-refractivity contribution in [1.29, 1.82) is 0 Å². The lowest BCUT2D eigenvalue weighted by Crippen LogP contribution is -2.35. The van der Waals surface area contributed by atoms with Gasteiger partial charge in [-0.2, -0.15) is 0 Å². The van der Waals surface area contributed by atoms with Crippen LogP contribution in [0.15, 0.2) is 54.6 Å². The second-order valence-corrected chi connectivity index (χ2v) is 5.67. The zero-order valence-corrected chi connectivity index (χ0v) is 12.1. The van der Waals surface area contributed by atoms with Crippen LogP contribution in [0, 0.1) is 0 Å². The summed E-state index contributed by atoms with van der Waals surface area (Å²) in [6.07, 6.45) is -0.0506. The van der Waals surface area contributed by atoms with Crippen molar-refractivity contribution in [3.8, 4) is 0 Å². The molecule has 108 valence electrons. The van der Waals surface area contributed by atoms with Gasteiger partial charge in [-0.3, -0.25) is 4.79 Å². The SMILES string of the molecule is O=C(N[C@H]1c2ccccc2C[C@H]1O)C(Cl)c1ccccc1. The van der Waals surface area contributed by atoms with E-state index in [9.17, 15) is 9.90 Å². The van der Waals surface area contributed by atoms with Crippen molar-refractivity contribution < 1.29 is 9.90 Å². The highest BCUT2D eigenvalue weighted by molar-refractivity contribution is 6.30. The fourth-order valence-electron chi connectivity index (χ4n) is 2.75. The summed E-state index contributed by atoms with van der Waals surface area (Å²) < 4.78 is 0. The maximum atomic E-state index is 12.3. The molecule has 0 saturated heterocycles. The summed E-state index contributed by atoms with van der Waals surface area (Å²) in [7, 11) is 0. The Bertz CT molecular complexity index is 644. The van der Waals surface area contributed by atoms with Crippen molar-refractivity contribution >= 4 is 17.5 Å². The highest BCUT2D eigenvalue weighted by Gasteiger charge is 2.33. The number of hydrogen-bond donors (Lipinski definition) is 2. The number of amides is 1. The summed E-state index contributed by atoms with van der Waals surface area (Å²) in [4.78, 5) is 12.3. The van der Waals surface area contributed by atoms with Crippen LogP contribution in [0.5, 0.6) is 0 Å². The topological polar surface area (TPSA) is 49.3 Å². The monoisotopic (exact) mass is 301 g/mol. The fourth-order valence-corrected chi connectivity index (χ4v) is 2.96. The van der Waals surface area contributed by atoms with Crippen LogP contribution in [0.4, 0.5) is 0 Å². The lowest BCUT2D eigenvalue weighted by Gasteiger charge is -2.20. The van der Waals surface area contributed by atoms with Gasteiger partial charge in [0.15, 0.2) is 0 Å². The molecule has 1 aliphatic carbocycles. The van der Waals surface area contributed by atoms with Crippen LogP contribution in [0.1, 0.15) is 28.1 Å². The number of nitrogens with one attached hydrogen (secondary N) is 1. The Morgan fingerprint density at radius 1 is 1.14 bits per heavy atom. The molecule has 0 bridgehead atoms. The Kier molecular flexibility index (Phi) is 3.95. The molecule has 0 heterocycles. The van der Waals surface area contributed by atoms with E-state index in [0.29, 0.717) is 6.42 Å². The molecule has 3 nitrogen and oxygen atoms in total. The summed E-state index contributed by atoms with van der Waals surface area (Å²) in [5.41, 5.74) is 2.79. The minimum Gasteiger partial charge on any atom is -0.390 e. The van der Waals surface area contributed by atoms with E-state index in [1.165, 1.54) is 0 Å². The predicted molar refractivity (Wildman–Crippen MR) is 82.1 cm³/mol. The van der Waals surface area contributed by atoms with E-state index >= 15 is 0 Å². The number of hydrogen-bond acceptors (Lipinski definition) is 2. The van der Waals surface area contributed by atoms with Gasteiger partial charge in [0.05, 0.1) is 12.1 Å². The minimum atomic E-state index is -0.758. The molecule has 3 atom stereocenters. The smallest absolute Gasteiger partial charge is 0.243 e. The summed E-state index contributed by atoms with van der Waals surface area (Å²) in [6.45, 7) is 0. The number of halogens is 1. The number of rotatable bonds is 3. The summed E-state index contributed by atoms with van der Waals surface area (Å²) >= 11 is 6.22. The molecule has 0 aromatic heterocycles. The number of fused-ring (bicyclic) bond motifs is 1. The molecule has 1 aliphatic rings. The van der Waals surface area contributed by atoms with E-state index < -0.39 is 17.5 Å². The molecule has 21 heavy (non-hydrogen) atoms. The van der Waals surface area contributed by atoms with Crippen molar-refractivity contribution in [3.63, 3.8) is 0 Å². The van der Waals surface area contributed by atoms with E-state index in [4.69, 9.17) is 11.6 Å². The Morgan fingerprint density at radius 2 is 1.81 bits per heavy atom. The Balaban J connectivity index is 1.76. The lowest BCUT2D eigenvalue weighted by atomic mass is 10.1. The van der Waals surface area contributed by atoms with Gasteiger partial charge in [0.25, 0.3) is 0 Å². The van der Waals surface area contributed by atoms with Crippen LogP contribution in [0.3, 0.4) is 0 Å². The number of carbonyl (C=O) groups is 1. The van der Waals surface area contributed by atoms with Crippen molar-refractivity contribution in [2.75, 3.05) is 0 Å². The largest absolute Gasteiger partial charge is 0.390 e. The van der Waals surface area contributed by atoms with Crippen molar-refractivity contribution in [1.82, 2.24) is 5.32 Å². The summed E-state index contributed by atoms with van der Waals surface area (Å²) in [5, 5.41) is 12.3. The third-order valence-electron chi connectivity index (χ3n) is 3.82. The quantitative estimate of drug-likeness (QED) is 0.857. The molecule has 2 aromatic rings. The average molecular weight is 302 g/mol. The average Bonchev–Trinajstić information content (AvgIpc) is 2.83. The maximum Gasteiger partial charge on any atom is 0.243 e. The molecule has 0 aliphatic heterocycles. The third kappa shape index (κ3) is 2.80. The van der Waals surface area contributed by atoms with Gasteiger partial charge < -0.3 is 10.4 Å². The van der Waals surface area contributed by atoms with Crippen LogP contribution < -0.4 is 5.32 Å². The zero-order valence-electron chi connectivity index (χ0n) is 11.4. The van der Waals surface area contributed by atoms with Crippen LogP contribution in [0.25, 0.3) is 0 Å². The standard InChI is InChI=1S/C17H16ClNO2/c18-15(11-6-2-1-3-7-11)17(21)19-16-13-9-5-4-8-12(13)10-14(16)20/h1-9,14-16,20H,10H2,(H,19,21)/t14-,15?,16+/m1/s1. The first-order valence-corrected chi connectivity index (χ1v) is 7.35. The van der Waals surface area contributed by atoms with Gasteiger partial charge in [-0.05, 0) is 16.7 Å². The first kappa shape index (κ1) is 14.1. The fraction of sp³-hybridized carbons (Fsp3) is 0.235. The highest BCUT2D eigenvalue weighted by Crippen LogP contribution is 2.32. The van der Waals surface area contributed by atoms with E-state index in [1.54, 1.807) is 0 Å². The Morgan fingerprint density at radius 3 is 2.57 bits per heavy atom. The molecular weight excluding hydrogens is 286 g/mol. The Hall–Kier alpha value is -1.84. The van der Waals surface area contributed by atoms with Crippen molar-refractivity contribution in [2.45, 2.75) is 23.9 Å². The number of aliphatic hydroxyl groups excluding tert-OH is 1. The summed E-state index contributed by atoms with van der Waals surface area (Å²) in [5.74, 6) is -0.288. The molecule has 4 heteroatoms.